The SMILES string of the molecule is O=C(COc1ccc(N2C[C@@H](C(=O)NCc3ccco3)CC2=O)cc1)Nc1cc(Cl)cc(Cl)c1. The van der Waals surface area contributed by atoms with E-state index in [1.165, 1.54) is 6.26 Å². The first kappa shape index (κ1) is 23.7. The highest BCUT2D eigenvalue weighted by atomic mass is 35.5. The Bertz CT molecular complexity index is 1160. The van der Waals surface area contributed by atoms with Gasteiger partial charge in [-0.05, 0) is 54.6 Å². The van der Waals surface area contributed by atoms with Crippen LogP contribution >= 0.6 is 23.2 Å². The second kappa shape index (κ2) is 10.6. The van der Waals surface area contributed by atoms with E-state index in [2.05, 4.69) is 10.6 Å². The van der Waals surface area contributed by atoms with Gasteiger partial charge in [0.25, 0.3) is 5.91 Å². The summed E-state index contributed by atoms with van der Waals surface area (Å²) in [6, 6.07) is 15.0. The van der Waals surface area contributed by atoms with Gasteiger partial charge in [-0.25, -0.2) is 0 Å². The van der Waals surface area contributed by atoms with Gasteiger partial charge in [0.1, 0.15) is 11.5 Å². The molecular weight excluding hydrogens is 481 g/mol. The highest BCUT2D eigenvalue weighted by Crippen LogP contribution is 2.27. The van der Waals surface area contributed by atoms with Crippen LogP contribution in [0.3, 0.4) is 0 Å². The van der Waals surface area contributed by atoms with Gasteiger partial charge in [-0.3, -0.25) is 14.4 Å². The zero-order chi connectivity index (χ0) is 24.1. The van der Waals surface area contributed by atoms with E-state index in [1.54, 1.807) is 59.5 Å². The molecule has 3 amide bonds. The van der Waals surface area contributed by atoms with E-state index in [0.717, 1.165) is 0 Å². The molecule has 0 bridgehead atoms. The second-order valence-electron chi connectivity index (χ2n) is 7.69. The normalized spacial score (nSPS) is 15.3. The maximum Gasteiger partial charge on any atom is 0.262 e. The quantitative estimate of drug-likeness (QED) is 0.479. The number of hydrogen-bond donors (Lipinski definition) is 2. The van der Waals surface area contributed by atoms with Crippen molar-refractivity contribution in [3.05, 3.63) is 76.7 Å². The van der Waals surface area contributed by atoms with Crippen molar-refractivity contribution in [2.24, 2.45) is 5.92 Å². The predicted octanol–water partition coefficient (Wildman–Crippen LogP) is 4.27. The Balaban J connectivity index is 1.27. The molecule has 0 radical (unpaired) electrons. The Morgan fingerprint density at radius 1 is 1.09 bits per heavy atom. The second-order valence-corrected chi connectivity index (χ2v) is 8.56. The molecule has 1 saturated heterocycles. The monoisotopic (exact) mass is 501 g/mol. The number of anilines is 2. The first-order valence-corrected chi connectivity index (χ1v) is 11.2. The van der Waals surface area contributed by atoms with E-state index in [-0.39, 0.29) is 43.8 Å². The van der Waals surface area contributed by atoms with Gasteiger partial charge in [0.2, 0.25) is 11.8 Å². The van der Waals surface area contributed by atoms with E-state index in [9.17, 15) is 14.4 Å². The third kappa shape index (κ3) is 6.09. The molecule has 2 N–H and O–H groups in total. The lowest BCUT2D eigenvalue weighted by molar-refractivity contribution is -0.126. The third-order valence-electron chi connectivity index (χ3n) is 5.18. The molecule has 1 aromatic heterocycles. The van der Waals surface area contributed by atoms with Gasteiger partial charge in [0.15, 0.2) is 6.61 Å². The van der Waals surface area contributed by atoms with Crippen LogP contribution in [0, 0.1) is 5.92 Å². The summed E-state index contributed by atoms with van der Waals surface area (Å²) in [5.74, 6) is -0.0363. The number of benzene rings is 2. The summed E-state index contributed by atoms with van der Waals surface area (Å²) in [6.45, 7) is 0.345. The fraction of sp³-hybridized carbons (Fsp3) is 0.208. The summed E-state index contributed by atoms with van der Waals surface area (Å²) < 4.78 is 10.7. The molecule has 0 unspecified atom stereocenters. The van der Waals surface area contributed by atoms with Crippen molar-refractivity contribution in [3.63, 3.8) is 0 Å². The van der Waals surface area contributed by atoms with Crippen molar-refractivity contribution >= 4 is 52.3 Å². The third-order valence-corrected chi connectivity index (χ3v) is 5.61. The fourth-order valence-corrected chi connectivity index (χ4v) is 4.08. The van der Waals surface area contributed by atoms with Crippen LogP contribution in [0.2, 0.25) is 10.0 Å². The Labute approximate surface area is 205 Å². The average Bonchev–Trinajstić information content (AvgIpc) is 3.45. The molecule has 0 saturated carbocycles. The van der Waals surface area contributed by atoms with Gasteiger partial charge >= 0.3 is 0 Å². The van der Waals surface area contributed by atoms with Crippen LogP contribution in [0.5, 0.6) is 5.75 Å². The van der Waals surface area contributed by atoms with E-state index in [1.807, 2.05) is 0 Å². The van der Waals surface area contributed by atoms with Crippen molar-refractivity contribution in [1.29, 1.82) is 0 Å². The standard InChI is InChI=1S/C24H21Cl2N3O5/c25-16-9-17(26)11-18(10-16)28-22(30)14-34-20-5-3-19(4-6-20)29-13-15(8-23(29)31)24(32)27-12-21-2-1-7-33-21/h1-7,9-11,15H,8,12-14H2,(H,27,32)(H,28,30)/t15-/m0/s1. The van der Waals surface area contributed by atoms with Crippen LogP contribution in [-0.2, 0) is 20.9 Å². The molecule has 8 nitrogen and oxygen atoms in total. The van der Waals surface area contributed by atoms with Gasteiger partial charge in [-0.15, -0.1) is 0 Å². The highest BCUT2D eigenvalue weighted by molar-refractivity contribution is 6.35. The van der Waals surface area contributed by atoms with E-state index >= 15 is 0 Å². The van der Waals surface area contributed by atoms with Crippen LogP contribution in [-0.4, -0.2) is 30.9 Å². The lowest BCUT2D eigenvalue weighted by atomic mass is 10.1. The fourth-order valence-electron chi connectivity index (χ4n) is 3.56. The van der Waals surface area contributed by atoms with Crippen molar-refractivity contribution in [3.8, 4) is 5.75 Å². The molecule has 2 heterocycles. The molecular formula is C24H21Cl2N3O5. The number of halogens is 2. The van der Waals surface area contributed by atoms with Gasteiger partial charge in [-0.1, -0.05) is 23.2 Å². The summed E-state index contributed by atoms with van der Waals surface area (Å²) in [5.41, 5.74) is 1.12. The largest absolute Gasteiger partial charge is 0.484 e. The molecule has 2 aromatic carbocycles. The number of rotatable bonds is 8. The minimum atomic E-state index is -0.443. The molecule has 3 aromatic rings. The Morgan fingerprint density at radius 3 is 2.50 bits per heavy atom. The zero-order valence-corrected chi connectivity index (χ0v) is 19.4. The maximum atomic E-state index is 12.5. The van der Waals surface area contributed by atoms with Gasteiger partial charge in [0, 0.05) is 34.4 Å². The van der Waals surface area contributed by atoms with Gasteiger partial charge in [-0.2, -0.15) is 0 Å². The number of ether oxygens (including phenoxy) is 1. The number of hydrogen-bond acceptors (Lipinski definition) is 5. The molecule has 1 aliphatic rings. The van der Waals surface area contributed by atoms with Crippen molar-refractivity contribution in [2.75, 3.05) is 23.4 Å². The van der Waals surface area contributed by atoms with Crippen LogP contribution in [0.25, 0.3) is 0 Å². The van der Waals surface area contributed by atoms with E-state index < -0.39 is 5.92 Å². The van der Waals surface area contributed by atoms with Crippen LogP contribution < -0.4 is 20.3 Å². The molecule has 1 fully saturated rings. The summed E-state index contributed by atoms with van der Waals surface area (Å²) in [4.78, 5) is 38.6. The number of nitrogens with one attached hydrogen (secondary N) is 2. The molecule has 10 heteroatoms. The van der Waals surface area contributed by atoms with Crippen LogP contribution in [0.15, 0.2) is 65.3 Å². The summed E-state index contributed by atoms with van der Waals surface area (Å²) in [7, 11) is 0. The number of furan rings is 1. The Morgan fingerprint density at radius 2 is 1.82 bits per heavy atom. The minimum absolute atomic E-state index is 0.133. The lowest BCUT2D eigenvalue weighted by Crippen LogP contribution is -2.32. The number of carbonyl (C=O) groups is 3. The minimum Gasteiger partial charge on any atom is -0.484 e. The zero-order valence-electron chi connectivity index (χ0n) is 17.9. The lowest BCUT2D eigenvalue weighted by Gasteiger charge is -2.17. The van der Waals surface area contributed by atoms with Gasteiger partial charge in [0.05, 0.1) is 18.7 Å². The summed E-state index contributed by atoms with van der Waals surface area (Å²) in [5, 5.41) is 6.28. The molecule has 4 rings (SSSR count). The average molecular weight is 502 g/mol. The summed E-state index contributed by atoms with van der Waals surface area (Å²) in [6.07, 6.45) is 1.67. The molecule has 34 heavy (non-hydrogen) atoms. The number of nitrogens with zero attached hydrogens (tertiary/aromatic N) is 1. The van der Waals surface area contributed by atoms with E-state index in [0.29, 0.717) is 32.9 Å². The highest BCUT2D eigenvalue weighted by Gasteiger charge is 2.35. The predicted molar refractivity (Wildman–Crippen MR) is 128 cm³/mol. The Kier molecular flexibility index (Phi) is 7.40. The van der Waals surface area contributed by atoms with Crippen molar-refractivity contribution < 1.29 is 23.5 Å². The topological polar surface area (TPSA) is 101 Å². The van der Waals surface area contributed by atoms with Crippen LogP contribution in [0.1, 0.15) is 12.2 Å². The maximum absolute atomic E-state index is 12.5. The first-order valence-electron chi connectivity index (χ1n) is 10.5. The van der Waals surface area contributed by atoms with Crippen molar-refractivity contribution in [2.45, 2.75) is 13.0 Å². The first-order chi connectivity index (χ1) is 16.4. The number of carbonyl (C=O) groups excluding carboxylic acids is 3. The molecule has 0 spiro atoms. The van der Waals surface area contributed by atoms with Crippen LogP contribution in [0.4, 0.5) is 11.4 Å². The summed E-state index contributed by atoms with van der Waals surface area (Å²) >= 11 is 11.9. The smallest absolute Gasteiger partial charge is 0.262 e. The van der Waals surface area contributed by atoms with Crippen molar-refractivity contribution in [1.82, 2.24) is 5.32 Å². The Hall–Kier alpha value is -3.49. The van der Waals surface area contributed by atoms with E-state index in [4.69, 9.17) is 32.4 Å². The molecule has 1 atom stereocenters. The molecule has 176 valence electrons. The molecule has 1 aliphatic heterocycles. The van der Waals surface area contributed by atoms with Gasteiger partial charge < -0.3 is 24.7 Å². The number of amides is 3. The molecule has 0 aliphatic carbocycles.